The molecule has 0 unspecified atom stereocenters. The summed E-state index contributed by atoms with van der Waals surface area (Å²) in [6.07, 6.45) is 4.81. The van der Waals surface area contributed by atoms with Gasteiger partial charge in [-0.3, -0.25) is 0 Å². The molecule has 0 aliphatic heterocycles. The molecule has 0 fully saturated rings. The Balaban J connectivity index is 2.35. The van der Waals surface area contributed by atoms with Gasteiger partial charge in [-0.1, -0.05) is 37.8 Å². The topological polar surface area (TPSA) is 26.0 Å². The first-order valence-electron chi connectivity index (χ1n) is 4.75. The quantitative estimate of drug-likeness (QED) is 0.742. The summed E-state index contributed by atoms with van der Waals surface area (Å²) in [6.45, 7) is 2.20. The van der Waals surface area contributed by atoms with E-state index in [1.165, 1.54) is 24.1 Å². The standard InChI is InChI=1S/C10H16ClNS/c1-2-3-4-5-8(12)9-6-7-10(11)13-9/h6-8H,2-5,12H2,1H3/t8-/m1/s1. The maximum atomic E-state index is 6.00. The zero-order valence-corrected chi connectivity index (χ0v) is 9.50. The third kappa shape index (κ3) is 3.67. The van der Waals surface area contributed by atoms with Crippen LogP contribution in [0.5, 0.6) is 0 Å². The molecule has 0 aliphatic rings. The maximum absolute atomic E-state index is 6.00. The Hall–Kier alpha value is -0.0500. The van der Waals surface area contributed by atoms with Gasteiger partial charge in [0.1, 0.15) is 0 Å². The molecule has 0 spiro atoms. The van der Waals surface area contributed by atoms with Crippen molar-refractivity contribution in [1.29, 1.82) is 0 Å². The first kappa shape index (κ1) is 11.0. The molecule has 0 bridgehead atoms. The van der Waals surface area contributed by atoms with Crippen molar-refractivity contribution in [3.05, 3.63) is 21.3 Å². The van der Waals surface area contributed by atoms with E-state index in [1.54, 1.807) is 11.3 Å². The molecule has 1 aromatic rings. The number of nitrogens with two attached hydrogens (primary N) is 1. The summed E-state index contributed by atoms with van der Waals surface area (Å²) in [4.78, 5) is 1.21. The molecule has 0 amide bonds. The molecular weight excluding hydrogens is 202 g/mol. The predicted octanol–water partition coefficient (Wildman–Crippen LogP) is 3.98. The number of hydrogen-bond donors (Lipinski definition) is 1. The first-order valence-corrected chi connectivity index (χ1v) is 5.94. The summed E-state index contributed by atoms with van der Waals surface area (Å²) in [5, 5.41) is 0. The van der Waals surface area contributed by atoms with Crippen LogP contribution in [0.25, 0.3) is 0 Å². The van der Waals surface area contributed by atoms with Gasteiger partial charge in [-0.2, -0.15) is 0 Å². The number of unbranched alkanes of at least 4 members (excludes halogenated alkanes) is 2. The lowest BCUT2D eigenvalue weighted by Gasteiger charge is -2.07. The van der Waals surface area contributed by atoms with Crippen molar-refractivity contribution in [3.63, 3.8) is 0 Å². The van der Waals surface area contributed by atoms with Gasteiger partial charge in [0.15, 0.2) is 0 Å². The minimum Gasteiger partial charge on any atom is -0.323 e. The fourth-order valence-electron chi connectivity index (χ4n) is 1.28. The molecule has 1 heterocycles. The van der Waals surface area contributed by atoms with Crippen molar-refractivity contribution < 1.29 is 0 Å². The number of halogens is 1. The van der Waals surface area contributed by atoms with E-state index in [4.69, 9.17) is 17.3 Å². The zero-order chi connectivity index (χ0) is 9.68. The van der Waals surface area contributed by atoms with E-state index < -0.39 is 0 Å². The fraction of sp³-hybridized carbons (Fsp3) is 0.600. The van der Waals surface area contributed by atoms with E-state index in [1.807, 2.05) is 12.1 Å². The molecule has 74 valence electrons. The van der Waals surface area contributed by atoms with E-state index >= 15 is 0 Å². The van der Waals surface area contributed by atoms with Crippen molar-refractivity contribution in [3.8, 4) is 0 Å². The summed E-state index contributed by atoms with van der Waals surface area (Å²) in [5.74, 6) is 0. The van der Waals surface area contributed by atoms with Crippen LogP contribution in [0.4, 0.5) is 0 Å². The Bertz CT molecular complexity index is 247. The van der Waals surface area contributed by atoms with Crippen LogP contribution in [0.1, 0.15) is 43.5 Å². The molecule has 2 N–H and O–H groups in total. The second-order valence-corrected chi connectivity index (χ2v) is 4.99. The van der Waals surface area contributed by atoms with Gasteiger partial charge >= 0.3 is 0 Å². The Kier molecular flexibility index (Phi) is 4.78. The smallest absolute Gasteiger partial charge is 0.0931 e. The normalized spacial score (nSPS) is 13.2. The molecule has 0 radical (unpaired) electrons. The van der Waals surface area contributed by atoms with Crippen molar-refractivity contribution in [2.45, 2.75) is 38.6 Å². The van der Waals surface area contributed by atoms with Gasteiger partial charge in [0.25, 0.3) is 0 Å². The molecule has 3 heteroatoms. The highest BCUT2D eigenvalue weighted by Crippen LogP contribution is 2.28. The monoisotopic (exact) mass is 217 g/mol. The Morgan fingerprint density at radius 3 is 2.77 bits per heavy atom. The van der Waals surface area contributed by atoms with Gasteiger partial charge in [-0.05, 0) is 18.6 Å². The highest BCUT2D eigenvalue weighted by Gasteiger charge is 2.07. The van der Waals surface area contributed by atoms with Gasteiger partial charge in [0.05, 0.1) is 4.34 Å². The van der Waals surface area contributed by atoms with E-state index in [0.29, 0.717) is 0 Å². The van der Waals surface area contributed by atoms with Crippen LogP contribution in [0.15, 0.2) is 12.1 Å². The molecule has 1 nitrogen and oxygen atoms in total. The molecule has 0 saturated carbocycles. The third-order valence-corrected chi connectivity index (χ3v) is 3.44. The molecule has 0 saturated heterocycles. The third-order valence-electron chi connectivity index (χ3n) is 2.08. The van der Waals surface area contributed by atoms with Crippen molar-refractivity contribution in [2.24, 2.45) is 5.73 Å². The molecule has 1 atom stereocenters. The molecule has 0 aliphatic carbocycles. The highest BCUT2D eigenvalue weighted by molar-refractivity contribution is 7.16. The molecule has 1 aromatic heterocycles. The number of rotatable bonds is 5. The lowest BCUT2D eigenvalue weighted by molar-refractivity contribution is 0.587. The zero-order valence-electron chi connectivity index (χ0n) is 7.92. The Morgan fingerprint density at radius 1 is 1.46 bits per heavy atom. The van der Waals surface area contributed by atoms with Crippen LogP contribution >= 0.6 is 22.9 Å². The average molecular weight is 218 g/mol. The van der Waals surface area contributed by atoms with Gasteiger partial charge < -0.3 is 5.73 Å². The summed E-state index contributed by atoms with van der Waals surface area (Å²) < 4.78 is 0.834. The summed E-state index contributed by atoms with van der Waals surface area (Å²) in [7, 11) is 0. The van der Waals surface area contributed by atoms with Crippen LogP contribution in [-0.2, 0) is 0 Å². The van der Waals surface area contributed by atoms with Crippen LogP contribution in [0.3, 0.4) is 0 Å². The van der Waals surface area contributed by atoms with Gasteiger partial charge in [0.2, 0.25) is 0 Å². The van der Waals surface area contributed by atoms with E-state index in [2.05, 4.69) is 6.92 Å². The van der Waals surface area contributed by atoms with Crippen molar-refractivity contribution >= 4 is 22.9 Å². The van der Waals surface area contributed by atoms with Gasteiger partial charge in [0, 0.05) is 10.9 Å². The fourth-order valence-corrected chi connectivity index (χ4v) is 2.38. The predicted molar refractivity (Wildman–Crippen MR) is 60.4 cm³/mol. The van der Waals surface area contributed by atoms with Crippen LogP contribution in [-0.4, -0.2) is 0 Å². The van der Waals surface area contributed by atoms with Crippen LogP contribution in [0, 0.1) is 0 Å². The first-order chi connectivity index (χ1) is 6.24. The molecule has 0 aromatic carbocycles. The number of thiophene rings is 1. The summed E-state index contributed by atoms with van der Waals surface area (Å²) >= 11 is 7.42. The van der Waals surface area contributed by atoms with E-state index in [9.17, 15) is 0 Å². The lowest BCUT2D eigenvalue weighted by Crippen LogP contribution is -2.07. The second-order valence-electron chi connectivity index (χ2n) is 3.24. The van der Waals surface area contributed by atoms with E-state index in [0.717, 1.165) is 10.8 Å². The Morgan fingerprint density at radius 2 is 2.23 bits per heavy atom. The number of hydrogen-bond acceptors (Lipinski definition) is 2. The summed E-state index contributed by atoms with van der Waals surface area (Å²) in [6, 6.07) is 4.13. The van der Waals surface area contributed by atoms with Crippen molar-refractivity contribution in [1.82, 2.24) is 0 Å². The molecule has 13 heavy (non-hydrogen) atoms. The average Bonchev–Trinajstić information content (AvgIpc) is 2.52. The van der Waals surface area contributed by atoms with Crippen LogP contribution in [0.2, 0.25) is 4.34 Å². The largest absolute Gasteiger partial charge is 0.323 e. The lowest BCUT2D eigenvalue weighted by atomic mass is 10.1. The SMILES string of the molecule is CCCCC[C@@H](N)c1ccc(Cl)s1. The Labute approximate surface area is 88.9 Å². The van der Waals surface area contributed by atoms with Crippen LogP contribution < -0.4 is 5.73 Å². The summed E-state index contributed by atoms with van der Waals surface area (Å²) in [5.41, 5.74) is 6.00. The maximum Gasteiger partial charge on any atom is 0.0931 e. The minimum atomic E-state index is 0.184. The van der Waals surface area contributed by atoms with Gasteiger partial charge in [-0.15, -0.1) is 11.3 Å². The molecule has 1 rings (SSSR count). The minimum absolute atomic E-state index is 0.184. The van der Waals surface area contributed by atoms with E-state index in [-0.39, 0.29) is 6.04 Å². The van der Waals surface area contributed by atoms with Crippen molar-refractivity contribution in [2.75, 3.05) is 0 Å². The second kappa shape index (κ2) is 5.63. The van der Waals surface area contributed by atoms with Gasteiger partial charge in [-0.25, -0.2) is 0 Å². The highest BCUT2D eigenvalue weighted by atomic mass is 35.5. The molecular formula is C10H16ClNS.